The molecule has 2 aliphatic rings. The fourth-order valence-electron chi connectivity index (χ4n) is 4.35. The molecule has 5 rings (SSSR count). The molecule has 154 valence electrons. The van der Waals surface area contributed by atoms with Crippen LogP contribution in [0.25, 0.3) is 22.3 Å². The summed E-state index contributed by atoms with van der Waals surface area (Å²) in [5.41, 5.74) is 1.22. The largest absolute Gasteiger partial charge is 0.460 e. The van der Waals surface area contributed by atoms with Crippen LogP contribution in [0.3, 0.4) is 0 Å². The standard InChI is InChI=1S/C21H17F2N3O4/c1-2-21(30-24)7-18(27)29-9-12-13(21)5-17-19-11(8-26(17)20(12)28)3-10-4-14(22)15(23)6-16(10)25-19/h3-6H,2,7-9,24H2,1H3/t21-/m1/s1. The number of carbonyl (C=O) groups is 1. The zero-order valence-corrected chi connectivity index (χ0v) is 16.0. The van der Waals surface area contributed by atoms with Crippen LogP contribution in [0.15, 0.2) is 29.1 Å². The first-order valence-electron chi connectivity index (χ1n) is 9.46. The Morgan fingerprint density at radius 2 is 2.00 bits per heavy atom. The van der Waals surface area contributed by atoms with Crippen molar-refractivity contribution in [2.75, 3.05) is 0 Å². The summed E-state index contributed by atoms with van der Waals surface area (Å²) in [5.74, 6) is 3.12. The van der Waals surface area contributed by atoms with Crippen molar-refractivity contribution in [3.05, 3.63) is 62.9 Å². The molecule has 2 aliphatic heterocycles. The molecule has 3 aromatic rings. The fraction of sp³-hybridized carbons (Fsp3) is 0.286. The average Bonchev–Trinajstić information content (AvgIpc) is 3.00. The number of esters is 1. The Bertz CT molecular complexity index is 1300. The maximum absolute atomic E-state index is 13.7. The van der Waals surface area contributed by atoms with E-state index in [1.165, 1.54) is 4.57 Å². The highest BCUT2D eigenvalue weighted by atomic mass is 19.2. The minimum atomic E-state index is -1.20. The first-order valence-corrected chi connectivity index (χ1v) is 9.46. The van der Waals surface area contributed by atoms with Crippen molar-refractivity contribution in [3.63, 3.8) is 0 Å². The second-order valence-electron chi connectivity index (χ2n) is 7.57. The quantitative estimate of drug-likeness (QED) is 0.401. The highest BCUT2D eigenvalue weighted by Crippen LogP contribution is 2.40. The van der Waals surface area contributed by atoms with E-state index in [4.69, 9.17) is 15.5 Å². The minimum Gasteiger partial charge on any atom is -0.460 e. The zero-order valence-electron chi connectivity index (χ0n) is 16.0. The molecule has 0 saturated heterocycles. The molecule has 0 saturated carbocycles. The van der Waals surface area contributed by atoms with E-state index in [0.717, 1.165) is 12.1 Å². The molecule has 0 unspecified atom stereocenters. The number of aromatic nitrogens is 2. The monoisotopic (exact) mass is 413 g/mol. The summed E-state index contributed by atoms with van der Waals surface area (Å²) < 4.78 is 34.1. The number of carbonyl (C=O) groups excluding carboxylic acids is 1. The number of halogens is 2. The topological polar surface area (TPSA) is 96.4 Å². The van der Waals surface area contributed by atoms with E-state index >= 15 is 0 Å². The highest BCUT2D eigenvalue weighted by molar-refractivity contribution is 5.84. The van der Waals surface area contributed by atoms with E-state index in [9.17, 15) is 18.4 Å². The van der Waals surface area contributed by atoms with Gasteiger partial charge in [-0.05, 0) is 24.6 Å². The maximum atomic E-state index is 13.7. The lowest BCUT2D eigenvalue weighted by Crippen LogP contribution is -2.37. The van der Waals surface area contributed by atoms with E-state index in [2.05, 4.69) is 4.98 Å². The number of fused-ring (bicyclic) bond motifs is 5. The smallest absolute Gasteiger partial charge is 0.309 e. The number of cyclic esters (lactones) is 1. The summed E-state index contributed by atoms with van der Waals surface area (Å²) in [6.45, 7) is 1.84. The second-order valence-corrected chi connectivity index (χ2v) is 7.57. The van der Waals surface area contributed by atoms with Gasteiger partial charge in [0.25, 0.3) is 5.56 Å². The zero-order chi connectivity index (χ0) is 21.2. The van der Waals surface area contributed by atoms with Gasteiger partial charge in [-0.1, -0.05) is 6.92 Å². The van der Waals surface area contributed by atoms with Crippen molar-refractivity contribution in [2.24, 2.45) is 5.90 Å². The summed E-state index contributed by atoms with van der Waals surface area (Å²) in [5, 5.41) is 0.442. The van der Waals surface area contributed by atoms with Gasteiger partial charge >= 0.3 is 5.97 Å². The maximum Gasteiger partial charge on any atom is 0.309 e. The van der Waals surface area contributed by atoms with Crippen molar-refractivity contribution < 1.29 is 23.1 Å². The van der Waals surface area contributed by atoms with E-state index in [0.29, 0.717) is 39.9 Å². The lowest BCUT2D eigenvalue weighted by molar-refractivity contribution is -0.153. The normalized spacial score (nSPS) is 19.8. The van der Waals surface area contributed by atoms with Crippen molar-refractivity contribution in [3.8, 4) is 11.4 Å². The molecule has 0 spiro atoms. The van der Waals surface area contributed by atoms with E-state index < -0.39 is 23.2 Å². The number of rotatable bonds is 2. The predicted octanol–water partition coefficient (Wildman–Crippen LogP) is 2.65. The van der Waals surface area contributed by atoms with Gasteiger partial charge in [-0.3, -0.25) is 14.4 Å². The molecule has 7 nitrogen and oxygen atoms in total. The molecular weight excluding hydrogens is 396 g/mol. The van der Waals surface area contributed by atoms with Crippen LogP contribution in [0, 0.1) is 11.6 Å². The molecular formula is C21H17F2N3O4. The number of ether oxygens (including phenoxy) is 1. The van der Waals surface area contributed by atoms with Crippen LogP contribution in [0.4, 0.5) is 8.78 Å². The SMILES string of the molecule is CC[C@@]1(ON)CC(=O)OCc2c1cc1n(c2=O)Cc2cc3cc(F)c(F)cc3nc2-1. The lowest BCUT2D eigenvalue weighted by atomic mass is 9.85. The van der Waals surface area contributed by atoms with Crippen LogP contribution in [0.5, 0.6) is 0 Å². The van der Waals surface area contributed by atoms with Gasteiger partial charge in [0.05, 0.1) is 35.4 Å². The van der Waals surface area contributed by atoms with Crippen molar-refractivity contribution in [1.82, 2.24) is 9.55 Å². The van der Waals surface area contributed by atoms with Crippen LogP contribution >= 0.6 is 0 Å². The summed E-state index contributed by atoms with van der Waals surface area (Å²) in [4.78, 5) is 35.1. The molecule has 0 fully saturated rings. The Kier molecular flexibility index (Phi) is 4.03. The summed E-state index contributed by atoms with van der Waals surface area (Å²) in [7, 11) is 0. The van der Waals surface area contributed by atoms with Crippen molar-refractivity contribution >= 4 is 16.9 Å². The van der Waals surface area contributed by atoms with Crippen LogP contribution in [0.1, 0.15) is 36.5 Å². The first kappa shape index (κ1) is 18.8. The fourth-order valence-corrected chi connectivity index (χ4v) is 4.35. The second kappa shape index (κ2) is 6.41. The molecule has 1 atom stereocenters. The van der Waals surface area contributed by atoms with E-state index in [1.807, 2.05) is 0 Å². The van der Waals surface area contributed by atoms with Gasteiger partial charge in [-0.25, -0.2) is 19.7 Å². The molecule has 9 heteroatoms. The predicted molar refractivity (Wildman–Crippen MR) is 102 cm³/mol. The molecule has 2 aromatic heterocycles. The Morgan fingerprint density at radius 1 is 1.23 bits per heavy atom. The third-order valence-electron chi connectivity index (χ3n) is 6.00. The third-order valence-corrected chi connectivity index (χ3v) is 6.00. The van der Waals surface area contributed by atoms with Gasteiger partial charge in [0.1, 0.15) is 12.2 Å². The number of hydrogen-bond acceptors (Lipinski definition) is 6. The number of pyridine rings is 2. The van der Waals surface area contributed by atoms with Gasteiger partial charge in [0.15, 0.2) is 11.6 Å². The average molecular weight is 413 g/mol. The third kappa shape index (κ3) is 2.52. The summed E-state index contributed by atoms with van der Waals surface area (Å²) in [6.07, 6.45) is 0.218. The summed E-state index contributed by atoms with van der Waals surface area (Å²) in [6, 6.07) is 5.55. The number of hydrogen-bond donors (Lipinski definition) is 1. The molecule has 4 heterocycles. The lowest BCUT2D eigenvalue weighted by Gasteiger charge is -2.29. The van der Waals surface area contributed by atoms with Crippen molar-refractivity contribution in [2.45, 2.75) is 38.5 Å². The Hall–Kier alpha value is -3.17. The molecule has 1 aromatic carbocycles. The Labute approximate surface area is 169 Å². The van der Waals surface area contributed by atoms with E-state index in [1.54, 1.807) is 19.1 Å². The van der Waals surface area contributed by atoms with E-state index in [-0.39, 0.29) is 30.6 Å². The first-order chi connectivity index (χ1) is 14.4. The Morgan fingerprint density at radius 3 is 2.73 bits per heavy atom. The van der Waals surface area contributed by atoms with Crippen LogP contribution < -0.4 is 11.5 Å². The van der Waals surface area contributed by atoms with Gasteiger partial charge in [-0.15, -0.1) is 0 Å². The van der Waals surface area contributed by atoms with Gasteiger partial charge < -0.3 is 9.30 Å². The molecule has 0 amide bonds. The summed E-state index contributed by atoms with van der Waals surface area (Å²) >= 11 is 0. The van der Waals surface area contributed by atoms with Gasteiger partial charge in [0.2, 0.25) is 0 Å². The molecule has 30 heavy (non-hydrogen) atoms. The molecule has 0 radical (unpaired) electrons. The molecule has 0 bridgehead atoms. The highest BCUT2D eigenvalue weighted by Gasteiger charge is 2.42. The molecule has 0 aliphatic carbocycles. The minimum absolute atomic E-state index is 0.127. The van der Waals surface area contributed by atoms with Crippen LogP contribution in [-0.4, -0.2) is 15.5 Å². The molecule has 2 N–H and O–H groups in total. The number of benzene rings is 1. The Balaban J connectivity index is 1.78. The number of nitrogens with zero attached hydrogens (tertiary/aromatic N) is 2. The van der Waals surface area contributed by atoms with Crippen molar-refractivity contribution in [1.29, 1.82) is 0 Å². The van der Waals surface area contributed by atoms with Crippen LogP contribution in [0.2, 0.25) is 0 Å². The van der Waals surface area contributed by atoms with Gasteiger partial charge in [-0.2, -0.15) is 0 Å². The van der Waals surface area contributed by atoms with Crippen LogP contribution in [-0.2, 0) is 33.1 Å². The van der Waals surface area contributed by atoms with Gasteiger partial charge in [0, 0.05) is 22.6 Å². The number of nitrogens with two attached hydrogens (primary N) is 1.